The van der Waals surface area contributed by atoms with Crippen LogP contribution in [0.1, 0.15) is 20.3 Å². The van der Waals surface area contributed by atoms with Gasteiger partial charge in [0.2, 0.25) is 0 Å². The summed E-state index contributed by atoms with van der Waals surface area (Å²) < 4.78 is 35.2. The molecule has 6 nitrogen and oxygen atoms in total. The van der Waals surface area contributed by atoms with Crippen LogP contribution in [-0.4, -0.2) is 58.3 Å². The second-order valence-electron chi connectivity index (χ2n) is 7.25. The summed E-state index contributed by atoms with van der Waals surface area (Å²) in [7, 11) is -1.19. The molecule has 2 bridgehead atoms. The molecule has 3 aliphatic heterocycles. The third-order valence-corrected chi connectivity index (χ3v) is 7.58. The maximum absolute atomic E-state index is 13.4. The number of nitrogens with zero attached hydrogens (tertiary/aromatic N) is 1. The lowest BCUT2D eigenvalue weighted by Crippen LogP contribution is -2.55. The lowest BCUT2D eigenvalue weighted by Gasteiger charge is -2.36. The predicted molar refractivity (Wildman–Crippen MR) is 88.1 cm³/mol. The van der Waals surface area contributed by atoms with Gasteiger partial charge in [-0.05, 0) is 36.1 Å². The first-order valence-electron chi connectivity index (χ1n) is 8.18. The highest BCUT2D eigenvalue weighted by Gasteiger charge is 2.68. The van der Waals surface area contributed by atoms with Gasteiger partial charge >= 0.3 is 0 Å². The fourth-order valence-corrected chi connectivity index (χ4v) is 6.16. The Morgan fingerprint density at radius 3 is 2.58 bits per heavy atom. The van der Waals surface area contributed by atoms with Crippen molar-refractivity contribution >= 4 is 10.1 Å². The van der Waals surface area contributed by atoms with Crippen molar-refractivity contribution in [2.24, 2.45) is 4.36 Å². The molecule has 0 aliphatic carbocycles. The number of rotatable bonds is 3. The molecule has 3 saturated heterocycles. The van der Waals surface area contributed by atoms with Gasteiger partial charge in [-0.25, -0.2) is 0 Å². The minimum Gasteiger partial charge on any atom is -0.626 e. The first-order valence-corrected chi connectivity index (χ1v) is 9.86. The van der Waals surface area contributed by atoms with Crippen molar-refractivity contribution in [1.82, 2.24) is 0 Å². The van der Waals surface area contributed by atoms with Crippen molar-refractivity contribution in [1.29, 1.82) is 0 Å². The summed E-state index contributed by atoms with van der Waals surface area (Å²) in [6.45, 7) is 3.72. The van der Waals surface area contributed by atoms with Crippen LogP contribution in [0.5, 0.6) is 0 Å². The monoisotopic (exact) mass is 353 g/mol. The highest BCUT2D eigenvalue weighted by atomic mass is 32.3. The zero-order valence-electron chi connectivity index (χ0n) is 14.0. The van der Waals surface area contributed by atoms with E-state index in [0.717, 1.165) is 0 Å². The van der Waals surface area contributed by atoms with Crippen LogP contribution in [0.4, 0.5) is 0 Å². The summed E-state index contributed by atoms with van der Waals surface area (Å²) in [5.74, 6) is -0.647. The molecule has 0 spiro atoms. The average molecular weight is 353 g/mol. The standard InChI is InChI=1S/C17H23NO5S/c1-16(2)22-13-12-9-17(19,15(21-12)14(13)23-16)10-24(20,18-3)11-7-5-4-6-8-11/h4-8,12-15,19H,9-10H2,1-3H3/t12?,13?,14?,15-,17-,24?/m1/s1. The van der Waals surface area contributed by atoms with Crippen molar-refractivity contribution in [3.05, 3.63) is 30.3 Å². The van der Waals surface area contributed by atoms with Crippen LogP contribution in [0.2, 0.25) is 0 Å². The van der Waals surface area contributed by atoms with Crippen LogP contribution in [0.15, 0.2) is 39.6 Å². The molecule has 1 aromatic carbocycles. The molecule has 7 heteroatoms. The van der Waals surface area contributed by atoms with E-state index in [1.165, 1.54) is 7.05 Å². The molecule has 3 fully saturated rings. The van der Waals surface area contributed by atoms with E-state index in [1.54, 1.807) is 12.1 Å². The van der Waals surface area contributed by atoms with E-state index in [0.29, 0.717) is 11.3 Å². The summed E-state index contributed by atoms with van der Waals surface area (Å²) in [6, 6.07) is 9.09. The van der Waals surface area contributed by atoms with Gasteiger partial charge < -0.3 is 23.9 Å². The summed E-state index contributed by atoms with van der Waals surface area (Å²) in [5, 5.41) is 11.2. The first-order chi connectivity index (χ1) is 11.3. The number of aliphatic hydroxyl groups is 1. The number of fused-ring (bicyclic) bond motifs is 5. The van der Waals surface area contributed by atoms with E-state index >= 15 is 0 Å². The lowest BCUT2D eigenvalue weighted by molar-refractivity contribution is -0.183. The summed E-state index contributed by atoms with van der Waals surface area (Å²) >= 11 is 0. The number of ether oxygens (including phenoxy) is 3. The molecule has 0 radical (unpaired) electrons. The second-order valence-corrected chi connectivity index (χ2v) is 9.65. The maximum atomic E-state index is 13.4. The van der Waals surface area contributed by atoms with Crippen LogP contribution < -0.4 is 0 Å². The Morgan fingerprint density at radius 1 is 1.25 bits per heavy atom. The van der Waals surface area contributed by atoms with Crippen molar-refractivity contribution in [2.45, 2.75) is 61.0 Å². The van der Waals surface area contributed by atoms with Gasteiger partial charge in [0.25, 0.3) is 0 Å². The Balaban J connectivity index is 1.62. The fraction of sp³-hybridized carbons (Fsp3) is 0.647. The zero-order chi connectivity index (χ0) is 17.2. The van der Waals surface area contributed by atoms with E-state index in [1.807, 2.05) is 32.0 Å². The molecule has 132 valence electrons. The molecule has 3 heterocycles. The Labute approximate surface area is 143 Å². The molecular formula is C17H23NO5S. The first kappa shape index (κ1) is 16.6. The van der Waals surface area contributed by atoms with Crippen molar-refractivity contribution in [3.63, 3.8) is 0 Å². The number of hydrogen-bond donors (Lipinski definition) is 1. The molecule has 4 rings (SSSR count). The van der Waals surface area contributed by atoms with Gasteiger partial charge in [0.15, 0.2) is 5.79 Å². The van der Waals surface area contributed by atoms with Crippen LogP contribution in [0.3, 0.4) is 0 Å². The molecule has 4 unspecified atom stereocenters. The second kappa shape index (κ2) is 5.33. The van der Waals surface area contributed by atoms with Crippen molar-refractivity contribution in [3.8, 4) is 0 Å². The molecule has 1 aromatic rings. The molecule has 0 aromatic heterocycles. The topological polar surface area (TPSA) is 83.3 Å². The summed E-state index contributed by atoms with van der Waals surface area (Å²) in [6.07, 6.45) is -0.891. The Kier molecular flexibility index (Phi) is 3.69. The van der Waals surface area contributed by atoms with E-state index in [-0.39, 0.29) is 24.1 Å². The summed E-state index contributed by atoms with van der Waals surface area (Å²) in [5.41, 5.74) is -1.23. The largest absolute Gasteiger partial charge is 0.626 e. The van der Waals surface area contributed by atoms with E-state index < -0.39 is 27.6 Å². The third-order valence-electron chi connectivity index (χ3n) is 5.09. The quantitative estimate of drug-likeness (QED) is 0.834. The normalized spacial score (nSPS) is 41.9. The molecule has 24 heavy (non-hydrogen) atoms. The highest BCUT2D eigenvalue weighted by Crippen LogP contribution is 2.51. The van der Waals surface area contributed by atoms with Crippen LogP contribution in [0, 0.1) is 0 Å². The van der Waals surface area contributed by atoms with Gasteiger partial charge in [-0.1, -0.05) is 18.2 Å². The van der Waals surface area contributed by atoms with E-state index in [2.05, 4.69) is 4.36 Å². The van der Waals surface area contributed by atoms with Gasteiger partial charge in [-0.2, -0.15) is 0 Å². The molecule has 3 aliphatic rings. The van der Waals surface area contributed by atoms with Gasteiger partial charge in [0.05, 0.1) is 13.2 Å². The Bertz CT molecular complexity index is 693. The molecular weight excluding hydrogens is 330 g/mol. The van der Waals surface area contributed by atoms with Gasteiger partial charge in [-0.15, -0.1) is 4.36 Å². The highest BCUT2D eigenvalue weighted by molar-refractivity contribution is 8.00. The molecule has 6 atom stereocenters. The van der Waals surface area contributed by atoms with Crippen LogP contribution >= 0.6 is 0 Å². The van der Waals surface area contributed by atoms with Gasteiger partial charge in [0.1, 0.15) is 34.6 Å². The molecule has 1 N–H and O–H groups in total. The number of hydrogen-bond acceptors (Lipinski definition) is 6. The van der Waals surface area contributed by atoms with Crippen LogP contribution in [-0.2, 0) is 24.3 Å². The zero-order valence-corrected chi connectivity index (χ0v) is 14.9. The van der Waals surface area contributed by atoms with Crippen molar-refractivity contribution in [2.75, 3.05) is 12.8 Å². The Hall–Kier alpha value is -0.830. The number of benzene rings is 1. The van der Waals surface area contributed by atoms with Gasteiger partial charge in [0, 0.05) is 6.42 Å². The SMILES string of the molecule is CN=[S+]([O-])(C[C@]1(O)CC2O[C@@H]1C1OC(C)(C)OC21)c1ccccc1. The molecule has 0 saturated carbocycles. The van der Waals surface area contributed by atoms with Crippen molar-refractivity contribution < 1.29 is 23.9 Å². The average Bonchev–Trinajstić information content (AvgIpc) is 3.14. The summed E-state index contributed by atoms with van der Waals surface area (Å²) in [4.78, 5) is 0.629. The smallest absolute Gasteiger partial charge is 0.164 e. The van der Waals surface area contributed by atoms with E-state index in [9.17, 15) is 9.66 Å². The maximum Gasteiger partial charge on any atom is 0.164 e. The van der Waals surface area contributed by atoms with Crippen LogP contribution in [0.25, 0.3) is 0 Å². The predicted octanol–water partition coefficient (Wildman–Crippen LogP) is 1.57. The van der Waals surface area contributed by atoms with Gasteiger partial charge in [-0.3, -0.25) is 0 Å². The lowest BCUT2D eigenvalue weighted by atomic mass is 9.83. The minimum absolute atomic E-state index is 0.0364. The fourth-order valence-electron chi connectivity index (χ4n) is 4.11. The molecule has 0 amide bonds. The third kappa shape index (κ3) is 2.46. The minimum atomic E-state index is -2.73. The van der Waals surface area contributed by atoms with E-state index in [4.69, 9.17) is 14.2 Å². The Morgan fingerprint density at radius 2 is 1.92 bits per heavy atom.